The van der Waals surface area contributed by atoms with E-state index in [4.69, 9.17) is 9.15 Å². The summed E-state index contributed by atoms with van der Waals surface area (Å²) in [6.07, 6.45) is 5.33. The highest BCUT2D eigenvalue weighted by Gasteiger charge is 2.06. The number of nitrogens with zero attached hydrogens (tertiary/aromatic N) is 3. The predicted octanol–water partition coefficient (Wildman–Crippen LogP) is 1.44. The lowest BCUT2D eigenvalue weighted by Gasteiger charge is -2.15. The van der Waals surface area contributed by atoms with Crippen molar-refractivity contribution in [3.63, 3.8) is 0 Å². The van der Waals surface area contributed by atoms with Crippen molar-refractivity contribution in [2.75, 3.05) is 32.2 Å². The fourth-order valence-corrected chi connectivity index (χ4v) is 1.75. The van der Waals surface area contributed by atoms with Crippen LogP contribution in [0.25, 0.3) is 0 Å². The van der Waals surface area contributed by atoms with Crippen LogP contribution in [0.2, 0.25) is 0 Å². The minimum atomic E-state index is 0.651. The van der Waals surface area contributed by atoms with E-state index in [1.807, 2.05) is 36.5 Å². The maximum atomic E-state index is 5.31. The van der Waals surface area contributed by atoms with Crippen molar-refractivity contribution in [3.05, 3.63) is 42.1 Å². The molecule has 0 bridgehead atoms. The number of anilines is 1. The molecular weight excluding hydrogens is 256 g/mol. The molecule has 0 fully saturated rings. The van der Waals surface area contributed by atoms with Gasteiger partial charge in [0.1, 0.15) is 5.76 Å². The summed E-state index contributed by atoms with van der Waals surface area (Å²) in [6, 6.07) is 3.81. The fraction of sp³-hybridized carbons (Fsp3) is 0.429. The van der Waals surface area contributed by atoms with E-state index < -0.39 is 0 Å². The summed E-state index contributed by atoms with van der Waals surface area (Å²) in [5.74, 6) is 1.57. The first-order valence-electron chi connectivity index (χ1n) is 6.53. The first kappa shape index (κ1) is 14.5. The molecule has 0 radical (unpaired) electrons. The lowest BCUT2D eigenvalue weighted by Crippen LogP contribution is -2.20. The van der Waals surface area contributed by atoms with Crippen LogP contribution in [-0.4, -0.2) is 37.3 Å². The van der Waals surface area contributed by atoms with Crippen LogP contribution in [0, 0.1) is 0 Å². The van der Waals surface area contributed by atoms with Gasteiger partial charge in [0, 0.05) is 45.2 Å². The van der Waals surface area contributed by atoms with Crippen LogP contribution in [-0.2, 0) is 17.8 Å². The Bertz CT molecular complexity index is 484. The SMILES string of the molecule is COCCNCc1cnc(N(C)Cc2ccco2)nc1. The molecule has 2 aromatic heterocycles. The molecule has 2 aromatic rings. The summed E-state index contributed by atoms with van der Waals surface area (Å²) in [5, 5.41) is 3.25. The quantitative estimate of drug-likeness (QED) is 0.736. The first-order chi connectivity index (χ1) is 9.79. The Morgan fingerprint density at radius 1 is 1.35 bits per heavy atom. The molecule has 2 heterocycles. The number of rotatable bonds is 8. The zero-order valence-corrected chi connectivity index (χ0v) is 11.9. The van der Waals surface area contributed by atoms with Gasteiger partial charge in [0.2, 0.25) is 5.95 Å². The van der Waals surface area contributed by atoms with E-state index in [0.29, 0.717) is 19.1 Å². The van der Waals surface area contributed by atoms with E-state index in [-0.39, 0.29) is 0 Å². The summed E-state index contributed by atoms with van der Waals surface area (Å²) in [6.45, 7) is 2.91. The van der Waals surface area contributed by atoms with Crippen LogP contribution in [0.1, 0.15) is 11.3 Å². The van der Waals surface area contributed by atoms with Gasteiger partial charge in [-0.1, -0.05) is 0 Å². The molecule has 0 aliphatic heterocycles. The summed E-state index contributed by atoms with van der Waals surface area (Å²) < 4.78 is 10.3. The maximum Gasteiger partial charge on any atom is 0.225 e. The van der Waals surface area contributed by atoms with E-state index in [2.05, 4.69) is 15.3 Å². The van der Waals surface area contributed by atoms with E-state index in [1.165, 1.54) is 0 Å². The lowest BCUT2D eigenvalue weighted by molar-refractivity contribution is 0.199. The molecule has 2 rings (SSSR count). The second kappa shape index (κ2) is 7.62. The van der Waals surface area contributed by atoms with Crippen LogP contribution in [0.4, 0.5) is 5.95 Å². The summed E-state index contributed by atoms with van der Waals surface area (Å²) in [5.41, 5.74) is 1.05. The number of furan rings is 1. The molecule has 108 valence electrons. The van der Waals surface area contributed by atoms with Gasteiger partial charge in [0.15, 0.2) is 0 Å². The number of aromatic nitrogens is 2. The number of hydrogen-bond donors (Lipinski definition) is 1. The molecule has 6 heteroatoms. The van der Waals surface area contributed by atoms with Gasteiger partial charge in [0.05, 0.1) is 19.4 Å². The van der Waals surface area contributed by atoms with Gasteiger partial charge >= 0.3 is 0 Å². The van der Waals surface area contributed by atoms with Crippen LogP contribution >= 0.6 is 0 Å². The maximum absolute atomic E-state index is 5.31. The van der Waals surface area contributed by atoms with E-state index in [9.17, 15) is 0 Å². The van der Waals surface area contributed by atoms with Gasteiger partial charge in [-0.3, -0.25) is 0 Å². The molecule has 0 unspecified atom stereocenters. The number of nitrogens with one attached hydrogen (secondary N) is 1. The Morgan fingerprint density at radius 2 is 2.15 bits per heavy atom. The molecule has 6 nitrogen and oxygen atoms in total. The summed E-state index contributed by atoms with van der Waals surface area (Å²) in [7, 11) is 3.63. The highest BCUT2D eigenvalue weighted by Crippen LogP contribution is 2.10. The summed E-state index contributed by atoms with van der Waals surface area (Å²) >= 11 is 0. The largest absolute Gasteiger partial charge is 0.467 e. The minimum absolute atomic E-state index is 0.651. The third kappa shape index (κ3) is 4.32. The second-order valence-electron chi connectivity index (χ2n) is 4.50. The van der Waals surface area contributed by atoms with E-state index in [1.54, 1.807) is 13.4 Å². The van der Waals surface area contributed by atoms with Crippen LogP contribution in [0.15, 0.2) is 35.2 Å². The zero-order valence-electron chi connectivity index (χ0n) is 11.9. The van der Waals surface area contributed by atoms with Gasteiger partial charge in [-0.05, 0) is 12.1 Å². The van der Waals surface area contributed by atoms with Crippen molar-refractivity contribution in [1.29, 1.82) is 0 Å². The highest BCUT2D eigenvalue weighted by molar-refractivity contribution is 5.29. The lowest BCUT2D eigenvalue weighted by atomic mass is 10.3. The van der Waals surface area contributed by atoms with Crippen molar-refractivity contribution in [1.82, 2.24) is 15.3 Å². The molecular formula is C14H20N4O2. The van der Waals surface area contributed by atoms with Crippen molar-refractivity contribution >= 4 is 5.95 Å². The average Bonchev–Trinajstić information content (AvgIpc) is 2.97. The van der Waals surface area contributed by atoms with E-state index in [0.717, 1.165) is 24.4 Å². The first-order valence-corrected chi connectivity index (χ1v) is 6.53. The second-order valence-corrected chi connectivity index (χ2v) is 4.50. The van der Waals surface area contributed by atoms with Crippen LogP contribution in [0.3, 0.4) is 0 Å². The topological polar surface area (TPSA) is 63.4 Å². The Morgan fingerprint density at radius 3 is 2.80 bits per heavy atom. The molecule has 0 aliphatic carbocycles. The van der Waals surface area contributed by atoms with Crippen molar-refractivity contribution in [2.45, 2.75) is 13.1 Å². The Hall–Kier alpha value is -1.92. The monoisotopic (exact) mass is 276 g/mol. The molecule has 0 aromatic carbocycles. The summed E-state index contributed by atoms with van der Waals surface area (Å²) in [4.78, 5) is 10.7. The number of ether oxygens (including phenoxy) is 1. The van der Waals surface area contributed by atoms with Gasteiger partial charge < -0.3 is 19.4 Å². The molecule has 0 saturated heterocycles. The molecule has 0 aliphatic rings. The van der Waals surface area contributed by atoms with Gasteiger partial charge in [-0.25, -0.2) is 9.97 Å². The third-order valence-corrected chi connectivity index (χ3v) is 2.82. The highest BCUT2D eigenvalue weighted by atomic mass is 16.5. The molecule has 1 N–H and O–H groups in total. The Balaban J connectivity index is 1.84. The fourth-order valence-electron chi connectivity index (χ4n) is 1.75. The zero-order chi connectivity index (χ0) is 14.2. The molecule has 0 amide bonds. The van der Waals surface area contributed by atoms with Gasteiger partial charge in [-0.15, -0.1) is 0 Å². The van der Waals surface area contributed by atoms with E-state index >= 15 is 0 Å². The Kier molecular flexibility index (Phi) is 5.52. The van der Waals surface area contributed by atoms with Gasteiger partial charge in [0.25, 0.3) is 0 Å². The molecule has 0 atom stereocenters. The normalized spacial score (nSPS) is 10.7. The number of methoxy groups -OCH3 is 1. The van der Waals surface area contributed by atoms with Crippen LogP contribution in [0.5, 0.6) is 0 Å². The number of hydrogen-bond acceptors (Lipinski definition) is 6. The van der Waals surface area contributed by atoms with Crippen molar-refractivity contribution < 1.29 is 9.15 Å². The molecule has 0 spiro atoms. The van der Waals surface area contributed by atoms with Crippen molar-refractivity contribution in [2.24, 2.45) is 0 Å². The van der Waals surface area contributed by atoms with Crippen LogP contribution < -0.4 is 10.2 Å². The third-order valence-electron chi connectivity index (χ3n) is 2.82. The predicted molar refractivity (Wildman–Crippen MR) is 76.4 cm³/mol. The average molecular weight is 276 g/mol. The standard InChI is InChI=1S/C14H20N4O2/c1-18(11-13-4-3-6-20-13)14-16-9-12(10-17-14)8-15-5-7-19-2/h3-4,6,9-10,15H,5,7-8,11H2,1-2H3. The van der Waals surface area contributed by atoms with Gasteiger partial charge in [-0.2, -0.15) is 0 Å². The van der Waals surface area contributed by atoms with Crippen molar-refractivity contribution in [3.8, 4) is 0 Å². The Labute approximate surface area is 118 Å². The smallest absolute Gasteiger partial charge is 0.225 e. The molecule has 20 heavy (non-hydrogen) atoms. The molecule has 0 saturated carbocycles. The minimum Gasteiger partial charge on any atom is -0.467 e.